The molecule has 0 fully saturated rings. The van der Waals surface area contributed by atoms with Gasteiger partial charge >= 0.3 is 0 Å². The Morgan fingerprint density at radius 3 is 2.92 bits per heavy atom. The highest BCUT2D eigenvalue weighted by molar-refractivity contribution is 5.97. The second-order valence-corrected chi connectivity index (χ2v) is 5.45. The van der Waals surface area contributed by atoms with E-state index in [4.69, 9.17) is 9.68 Å². The molecule has 3 aromatic rings. The molecule has 0 spiro atoms. The second kappa shape index (κ2) is 7.81. The number of hydrogen-bond acceptors (Lipinski definition) is 5. The van der Waals surface area contributed by atoms with E-state index in [-0.39, 0.29) is 18.2 Å². The number of nitriles is 1. The molecular weight excluding hydrogens is 334 g/mol. The molecule has 2 N–H and O–H groups in total. The molecule has 0 bridgehead atoms. The van der Waals surface area contributed by atoms with Gasteiger partial charge in [-0.3, -0.25) is 14.3 Å². The Hall–Kier alpha value is -3.86. The van der Waals surface area contributed by atoms with E-state index < -0.39 is 5.91 Å². The minimum absolute atomic E-state index is 0.144. The van der Waals surface area contributed by atoms with E-state index in [2.05, 4.69) is 21.8 Å². The van der Waals surface area contributed by atoms with Crippen molar-refractivity contribution in [2.24, 2.45) is 0 Å². The van der Waals surface area contributed by atoms with Gasteiger partial charge in [-0.05, 0) is 29.8 Å². The molecule has 1 aromatic carbocycles. The Bertz CT molecular complexity index is 953. The van der Waals surface area contributed by atoms with Crippen molar-refractivity contribution in [3.8, 4) is 6.07 Å². The molecule has 0 unspecified atom stereocenters. The van der Waals surface area contributed by atoms with Gasteiger partial charge in [-0.25, -0.2) is 0 Å². The van der Waals surface area contributed by atoms with Crippen LogP contribution in [0.4, 0.5) is 5.69 Å². The Balaban J connectivity index is 1.52. The summed E-state index contributed by atoms with van der Waals surface area (Å²) in [4.78, 5) is 23.6. The fourth-order valence-electron chi connectivity index (χ4n) is 2.30. The van der Waals surface area contributed by atoms with E-state index in [9.17, 15) is 9.59 Å². The maximum Gasteiger partial charge on any atom is 0.287 e. The van der Waals surface area contributed by atoms with Gasteiger partial charge in [-0.15, -0.1) is 0 Å². The van der Waals surface area contributed by atoms with Crippen LogP contribution in [0.5, 0.6) is 0 Å². The van der Waals surface area contributed by atoms with E-state index in [1.807, 2.05) is 12.1 Å². The van der Waals surface area contributed by atoms with Gasteiger partial charge in [-0.2, -0.15) is 10.4 Å². The summed E-state index contributed by atoms with van der Waals surface area (Å²) in [6.07, 6.45) is 4.57. The number of nitrogens with zero attached hydrogens (tertiary/aromatic N) is 3. The zero-order chi connectivity index (χ0) is 18.4. The van der Waals surface area contributed by atoms with Gasteiger partial charge < -0.3 is 15.1 Å². The smallest absolute Gasteiger partial charge is 0.287 e. The average Bonchev–Trinajstić information content (AvgIpc) is 3.32. The van der Waals surface area contributed by atoms with Crippen molar-refractivity contribution >= 4 is 17.5 Å². The third-order valence-corrected chi connectivity index (χ3v) is 3.47. The summed E-state index contributed by atoms with van der Waals surface area (Å²) >= 11 is 0. The summed E-state index contributed by atoms with van der Waals surface area (Å²) in [5.74, 6) is -0.695. The molecule has 0 saturated carbocycles. The summed E-state index contributed by atoms with van der Waals surface area (Å²) in [7, 11) is 0. The maximum atomic E-state index is 11.9. The molecule has 2 aromatic heterocycles. The minimum Gasteiger partial charge on any atom is -0.459 e. The number of carbonyl (C=O) groups excluding carboxylic acids is 2. The Morgan fingerprint density at radius 2 is 2.15 bits per heavy atom. The largest absolute Gasteiger partial charge is 0.459 e. The number of hydrogen-bond donors (Lipinski definition) is 2. The minimum atomic E-state index is -0.460. The monoisotopic (exact) mass is 349 g/mol. The van der Waals surface area contributed by atoms with Gasteiger partial charge in [0.2, 0.25) is 5.91 Å². The number of amides is 2. The van der Waals surface area contributed by atoms with Gasteiger partial charge in [0.05, 0.1) is 42.9 Å². The van der Waals surface area contributed by atoms with Crippen LogP contribution in [0.1, 0.15) is 21.7 Å². The van der Waals surface area contributed by atoms with E-state index in [0.717, 1.165) is 5.56 Å². The zero-order valence-corrected chi connectivity index (χ0v) is 13.7. The zero-order valence-electron chi connectivity index (χ0n) is 13.7. The topological polar surface area (TPSA) is 113 Å². The molecule has 0 aliphatic carbocycles. The van der Waals surface area contributed by atoms with Crippen molar-refractivity contribution in [2.75, 3.05) is 11.9 Å². The lowest BCUT2D eigenvalue weighted by Gasteiger charge is -2.04. The lowest BCUT2D eigenvalue weighted by molar-refractivity contribution is -0.115. The lowest BCUT2D eigenvalue weighted by atomic mass is 10.1. The normalized spacial score (nSPS) is 10.1. The maximum absolute atomic E-state index is 11.9. The third kappa shape index (κ3) is 4.36. The molecule has 8 heteroatoms. The molecule has 0 radical (unpaired) electrons. The number of anilines is 1. The van der Waals surface area contributed by atoms with Gasteiger partial charge in [0.1, 0.15) is 0 Å². The third-order valence-electron chi connectivity index (χ3n) is 3.47. The predicted octanol–water partition coefficient (Wildman–Crippen LogP) is 1.76. The molecular formula is C18H15N5O3. The summed E-state index contributed by atoms with van der Waals surface area (Å²) in [5.41, 5.74) is 2.02. The molecule has 2 amide bonds. The number of benzene rings is 1. The highest BCUT2D eigenvalue weighted by Crippen LogP contribution is 2.09. The first-order chi connectivity index (χ1) is 12.6. The standard InChI is InChI=1S/C18H15N5O3/c19-8-13-3-1-4-14(7-13)11-23-12-15(9-21-23)22-17(24)10-20-18(25)16-5-2-6-26-16/h1-7,9,12H,10-11H2,(H,20,25)(H,22,24). The fraction of sp³-hybridized carbons (Fsp3) is 0.111. The number of rotatable bonds is 6. The SMILES string of the molecule is N#Cc1cccc(Cn2cc(NC(=O)CNC(=O)c3ccco3)cn2)c1. The van der Waals surface area contributed by atoms with Crippen molar-refractivity contribution < 1.29 is 14.0 Å². The Morgan fingerprint density at radius 1 is 1.27 bits per heavy atom. The van der Waals surface area contributed by atoms with Crippen molar-refractivity contribution in [3.63, 3.8) is 0 Å². The van der Waals surface area contributed by atoms with Crippen LogP contribution >= 0.6 is 0 Å². The van der Waals surface area contributed by atoms with Crippen LogP contribution < -0.4 is 10.6 Å². The number of carbonyl (C=O) groups is 2. The van der Waals surface area contributed by atoms with E-state index in [1.165, 1.54) is 18.5 Å². The number of furan rings is 1. The van der Waals surface area contributed by atoms with Crippen molar-refractivity contribution in [2.45, 2.75) is 6.54 Å². The van der Waals surface area contributed by atoms with E-state index in [0.29, 0.717) is 17.8 Å². The van der Waals surface area contributed by atoms with Gasteiger partial charge in [-0.1, -0.05) is 12.1 Å². The molecule has 0 atom stereocenters. The quantitative estimate of drug-likeness (QED) is 0.704. The summed E-state index contributed by atoms with van der Waals surface area (Å²) in [6, 6.07) is 12.4. The fourth-order valence-corrected chi connectivity index (χ4v) is 2.30. The lowest BCUT2D eigenvalue weighted by Crippen LogP contribution is -2.32. The van der Waals surface area contributed by atoms with Crippen LogP contribution in [0.15, 0.2) is 59.5 Å². The molecule has 0 aliphatic rings. The van der Waals surface area contributed by atoms with Crippen LogP contribution in [0, 0.1) is 11.3 Å². The first-order valence-electron chi connectivity index (χ1n) is 7.77. The molecule has 130 valence electrons. The Kier molecular flexibility index (Phi) is 5.10. The van der Waals surface area contributed by atoms with Gasteiger partial charge in [0.15, 0.2) is 5.76 Å². The van der Waals surface area contributed by atoms with Crippen LogP contribution in [-0.2, 0) is 11.3 Å². The molecule has 26 heavy (non-hydrogen) atoms. The summed E-state index contributed by atoms with van der Waals surface area (Å²) in [6.45, 7) is 0.287. The Labute approximate surface area is 149 Å². The van der Waals surface area contributed by atoms with Crippen molar-refractivity contribution in [3.05, 3.63) is 71.9 Å². The highest BCUT2D eigenvalue weighted by atomic mass is 16.3. The molecule has 8 nitrogen and oxygen atoms in total. The van der Waals surface area contributed by atoms with Crippen LogP contribution in [0.2, 0.25) is 0 Å². The second-order valence-electron chi connectivity index (χ2n) is 5.45. The highest BCUT2D eigenvalue weighted by Gasteiger charge is 2.11. The molecule has 3 rings (SSSR count). The van der Waals surface area contributed by atoms with Gasteiger partial charge in [0.25, 0.3) is 5.91 Å². The van der Waals surface area contributed by atoms with Crippen molar-refractivity contribution in [1.29, 1.82) is 5.26 Å². The summed E-state index contributed by atoms with van der Waals surface area (Å²) < 4.78 is 6.59. The molecule has 2 heterocycles. The number of aromatic nitrogens is 2. The van der Waals surface area contributed by atoms with E-state index >= 15 is 0 Å². The van der Waals surface area contributed by atoms with Crippen LogP contribution in [0.3, 0.4) is 0 Å². The average molecular weight is 349 g/mol. The van der Waals surface area contributed by atoms with Gasteiger partial charge in [0, 0.05) is 6.20 Å². The predicted molar refractivity (Wildman–Crippen MR) is 92.2 cm³/mol. The molecule has 0 aliphatic heterocycles. The first-order valence-corrected chi connectivity index (χ1v) is 7.77. The molecule has 0 saturated heterocycles. The van der Waals surface area contributed by atoms with Crippen molar-refractivity contribution in [1.82, 2.24) is 15.1 Å². The summed E-state index contributed by atoms with van der Waals surface area (Å²) in [5, 5.41) is 18.2. The van der Waals surface area contributed by atoms with Crippen LogP contribution in [-0.4, -0.2) is 28.1 Å². The van der Waals surface area contributed by atoms with Crippen LogP contribution in [0.25, 0.3) is 0 Å². The first kappa shape index (κ1) is 17.0. The van der Waals surface area contributed by atoms with E-state index in [1.54, 1.807) is 29.1 Å². The number of nitrogens with one attached hydrogen (secondary N) is 2.